The van der Waals surface area contributed by atoms with Crippen molar-refractivity contribution in [1.29, 1.82) is 0 Å². The predicted octanol–water partition coefficient (Wildman–Crippen LogP) is 4.45. The Balaban J connectivity index is 1.89. The van der Waals surface area contributed by atoms with Crippen LogP contribution in [-0.2, 0) is 9.59 Å². The number of allylic oxidation sites excluding steroid dienone is 2. The lowest BCUT2D eigenvalue weighted by Crippen LogP contribution is -2.43. The van der Waals surface area contributed by atoms with E-state index in [-0.39, 0.29) is 29.4 Å². The van der Waals surface area contributed by atoms with Gasteiger partial charge in [0.2, 0.25) is 5.91 Å². The third kappa shape index (κ3) is 3.07. The van der Waals surface area contributed by atoms with E-state index < -0.39 is 0 Å². The first-order valence-corrected chi connectivity index (χ1v) is 9.16. The first-order chi connectivity index (χ1) is 12.9. The molecule has 4 rings (SSSR count). The van der Waals surface area contributed by atoms with Gasteiger partial charge in [0.15, 0.2) is 5.78 Å². The predicted molar refractivity (Wildman–Crippen MR) is 102 cm³/mol. The van der Waals surface area contributed by atoms with Crippen LogP contribution < -0.4 is 9.64 Å². The second-order valence-electron chi connectivity index (χ2n) is 8.00. The van der Waals surface area contributed by atoms with E-state index in [1.165, 1.54) is 0 Å². The lowest BCUT2D eigenvalue weighted by atomic mass is 9.70. The first kappa shape index (κ1) is 17.6. The van der Waals surface area contributed by atoms with E-state index in [0.29, 0.717) is 29.9 Å². The van der Waals surface area contributed by atoms with Crippen LogP contribution in [0.1, 0.15) is 44.8 Å². The van der Waals surface area contributed by atoms with Crippen LogP contribution in [0.5, 0.6) is 5.75 Å². The Bertz CT molecular complexity index is 924. The maximum atomic E-state index is 13.2. The lowest BCUT2D eigenvalue weighted by molar-refractivity contribution is -0.121. The molecular formula is C22H23NO4. The number of Topliss-reactive ketones (excluding diaryl/α,β-unsaturated/α-hetero) is 1. The number of carbonyl (C=O) groups is 2. The maximum Gasteiger partial charge on any atom is 0.232 e. The van der Waals surface area contributed by atoms with Gasteiger partial charge in [-0.3, -0.25) is 14.5 Å². The number of rotatable bonds is 3. The Hall–Kier alpha value is -2.82. The zero-order valence-electron chi connectivity index (χ0n) is 15.8. The SMILES string of the molecule is COc1cccc(N2C(=O)CC(c3ccco3)C3=C2CC(C)(C)CC3=O)c1. The highest BCUT2D eigenvalue weighted by Crippen LogP contribution is 2.48. The van der Waals surface area contributed by atoms with Crippen LogP contribution in [-0.4, -0.2) is 18.8 Å². The molecule has 1 aliphatic heterocycles. The molecule has 5 nitrogen and oxygen atoms in total. The van der Waals surface area contributed by atoms with Gasteiger partial charge in [-0.2, -0.15) is 0 Å². The van der Waals surface area contributed by atoms with Crippen molar-refractivity contribution in [2.24, 2.45) is 5.41 Å². The number of hydrogen-bond donors (Lipinski definition) is 0. The van der Waals surface area contributed by atoms with Crippen LogP contribution in [0.25, 0.3) is 0 Å². The largest absolute Gasteiger partial charge is 0.497 e. The minimum atomic E-state index is -0.312. The summed E-state index contributed by atoms with van der Waals surface area (Å²) < 4.78 is 10.9. The molecular weight excluding hydrogens is 342 g/mol. The highest BCUT2D eigenvalue weighted by Gasteiger charge is 2.45. The second kappa shape index (κ2) is 6.41. The van der Waals surface area contributed by atoms with Gasteiger partial charge < -0.3 is 9.15 Å². The van der Waals surface area contributed by atoms with Gasteiger partial charge in [0.25, 0.3) is 0 Å². The molecule has 0 fully saturated rings. The number of hydrogen-bond acceptors (Lipinski definition) is 4. The Morgan fingerprint density at radius 1 is 1.15 bits per heavy atom. The van der Waals surface area contributed by atoms with Crippen LogP contribution >= 0.6 is 0 Å². The van der Waals surface area contributed by atoms with Crippen molar-refractivity contribution in [2.75, 3.05) is 12.0 Å². The molecule has 2 aromatic rings. The Morgan fingerprint density at radius 2 is 1.96 bits per heavy atom. The van der Waals surface area contributed by atoms with Crippen molar-refractivity contribution in [2.45, 2.75) is 39.0 Å². The van der Waals surface area contributed by atoms with Crippen molar-refractivity contribution in [3.63, 3.8) is 0 Å². The fourth-order valence-electron chi connectivity index (χ4n) is 4.20. The molecule has 0 bridgehead atoms. The van der Waals surface area contributed by atoms with Gasteiger partial charge in [-0.15, -0.1) is 0 Å². The molecule has 5 heteroatoms. The number of ketones is 1. The van der Waals surface area contributed by atoms with Crippen molar-refractivity contribution < 1.29 is 18.7 Å². The smallest absolute Gasteiger partial charge is 0.232 e. The maximum absolute atomic E-state index is 13.2. The summed E-state index contributed by atoms with van der Waals surface area (Å²) in [6.45, 7) is 4.14. The summed E-state index contributed by atoms with van der Waals surface area (Å²) >= 11 is 0. The summed E-state index contributed by atoms with van der Waals surface area (Å²) in [6.07, 6.45) is 2.94. The van der Waals surface area contributed by atoms with Crippen LogP contribution in [0, 0.1) is 5.41 Å². The molecule has 1 aromatic carbocycles. The molecule has 140 valence electrons. The molecule has 0 N–H and O–H groups in total. The summed E-state index contributed by atoms with van der Waals surface area (Å²) in [5.41, 5.74) is 2.04. The molecule has 0 saturated carbocycles. The van der Waals surface area contributed by atoms with Crippen LogP contribution in [0.3, 0.4) is 0 Å². The summed E-state index contributed by atoms with van der Waals surface area (Å²) in [6, 6.07) is 11.1. The molecule has 2 aliphatic rings. The average molecular weight is 365 g/mol. The number of carbonyl (C=O) groups excluding carboxylic acids is 2. The van der Waals surface area contributed by atoms with Crippen LogP contribution in [0.15, 0.2) is 58.3 Å². The third-order valence-corrected chi connectivity index (χ3v) is 5.34. The van der Waals surface area contributed by atoms with Crippen molar-refractivity contribution in [3.05, 3.63) is 59.7 Å². The van der Waals surface area contributed by atoms with Crippen molar-refractivity contribution in [3.8, 4) is 5.75 Å². The van der Waals surface area contributed by atoms with E-state index in [1.807, 2.05) is 30.3 Å². The summed E-state index contributed by atoms with van der Waals surface area (Å²) in [4.78, 5) is 28.0. The molecule has 1 atom stereocenters. The molecule has 2 heterocycles. The van der Waals surface area contributed by atoms with E-state index in [4.69, 9.17) is 9.15 Å². The number of nitrogens with zero attached hydrogens (tertiary/aromatic N) is 1. The van der Waals surface area contributed by atoms with Crippen molar-refractivity contribution >= 4 is 17.4 Å². The molecule has 0 radical (unpaired) electrons. The quantitative estimate of drug-likeness (QED) is 0.806. The topological polar surface area (TPSA) is 59.8 Å². The molecule has 27 heavy (non-hydrogen) atoms. The van der Waals surface area contributed by atoms with Gasteiger partial charge in [-0.25, -0.2) is 0 Å². The normalized spacial score (nSPS) is 22.0. The minimum absolute atomic E-state index is 0.0334. The van der Waals surface area contributed by atoms with E-state index in [2.05, 4.69) is 13.8 Å². The Morgan fingerprint density at radius 3 is 2.67 bits per heavy atom. The van der Waals surface area contributed by atoms with E-state index >= 15 is 0 Å². The lowest BCUT2D eigenvalue weighted by Gasteiger charge is -2.42. The fraction of sp³-hybridized carbons (Fsp3) is 0.364. The number of furan rings is 1. The highest BCUT2D eigenvalue weighted by molar-refractivity contribution is 6.07. The third-order valence-electron chi connectivity index (χ3n) is 5.34. The zero-order valence-corrected chi connectivity index (χ0v) is 15.8. The van der Waals surface area contributed by atoms with Crippen LogP contribution in [0.4, 0.5) is 5.69 Å². The highest BCUT2D eigenvalue weighted by atomic mass is 16.5. The average Bonchev–Trinajstić information content (AvgIpc) is 3.14. The number of benzene rings is 1. The molecule has 1 aromatic heterocycles. The molecule has 1 unspecified atom stereocenters. The van der Waals surface area contributed by atoms with Crippen LogP contribution in [0.2, 0.25) is 0 Å². The van der Waals surface area contributed by atoms with Crippen molar-refractivity contribution in [1.82, 2.24) is 0 Å². The summed E-state index contributed by atoms with van der Waals surface area (Å²) in [7, 11) is 1.60. The number of ether oxygens (including phenoxy) is 1. The summed E-state index contributed by atoms with van der Waals surface area (Å²) in [5.74, 6) is 1.11. The Kier molecular flexibility index (Phi) is 4.17. The number of anilines is 1. The van der Waals surface area contributed by atoms with E-state index in [0.717, 1.165) is 11.4 Å². The molecule has 0 spiro atoms. The van der Waals surface area contributed by atoms with Gasteiger partial charge in [0, 0.05) is 30.2 Å². The monoisotopic (exact) mass is 365 g/mol. The minimum Gasteiger partial charge on any atom is -0.497 e. The van der Waals surface area contributed by atoms with Gasteiger partial charge in [0.1, 0.15) is 11.5 Å². The molecule has 1 amide bonds. The van der Waals surface area contributed by atoms with Gasteiger partial charge in [-0.1, -0.05) is 19.9 Å². The second-order valence-corrected chi connectivity index (χ2v) is 8.00. The zero-order chi connectivity index (χ0) is 19.2. The van der Waals surface area contributed by atoms with Gasteiger partial charge >= 0.3 is 0 Å². The van der Waals surface area contributed by atoms with Gasteiger partial charge in [-0.05, 0) is 36.1 Å². The van der Waals surface area contributed by atoms with E-state index in [1.54, 1.807) is 24.3 Å². The van der Waals surface area contributed by atoms with Gasteiger partial charge in [0.05, 0.1) is 25.0 Å². The molecule has 1 aliphatic carbocycles. The fourth-order valence-corrected chi connectivity index (χ4v) is 4.20. The first-order valence-electron chi connectivity index (χ1n) is 9.16. The summed E-state index contributed by atoms with van der Waals surface area (Å²) in [5, 5.41) is 0. The molecule has 0 saturated heterocycles. The Labute approximate surface area is 158 Å². The van der Waals surface area contributed by atoms with E-state index in [9.17, 15) is 9.59 Å². The number of methoxy groups -OCH3 is 1. The standard InChI is InChI=1S/C22H23NO4/c1-22(2)12-17-21(18(24)13-22)16(19-8-5-9-27-19)11-20(25)23(17)14-6-4-7-15(10-14)26-3/h4-10,16H,11-13H2,1-3H3. The number of amides is 1.